The highest BCUT2D eigenvalue weighted by molar-refractivity contribution is 7.12. The van der Waals surface area contributed by atoms with Gasteiger partial charge in [0.05, 0.1) is 16.0 Å². The van der Waals surface area contributed by atoms with Crippen LogP contribution in [0.15, 0.2) is 60.1 Å². The van der Waals surface area contributed by atoms with Gasteiger partial charge in [0.1, 0.15) is 5.82 Å². The van der Waals surface area contributed by atoms with Gasteiger partial charge in [-0.05, 0) is 41.8 Å². The van der Waals surface area contributed by atoms with Crippen molar-refractivity contribution in [3.8, 4) is 5.88 Å². The highest BCUT2D eigenvalue weighted by atomic mass is 35.5. The lowest BCUT2D eigenvalue weighted by atomic mass is 10.1. The van der Waals surface area contributed by atoms with E-state index in [0.29, 0.717) is 26.6 Å². The van der Waals surface area contributed by atoms with E-state index in [4.69, 9.17) is 11.6 Å². The van der Waals surface area contributed by atoms with Crippen molar-refractivity contribution in [1.82, 2.24) is 9.55 Å². The van der Waals surface area contributed by atoms with Gasteiger partial charge in [0.15, 0.2) is 0 Å². The van der Waals surface area contributed by atoms with Crippen LogP contribution < -0.4 is 5.32 Å². The highest BCUT2D eigenvalue weighted by Gasteiger charge is 2.27. The molecule has 0 aliphatic heterocycles. The number of anilines is 1. The molecule has 4 rings (SSSR count). The molecule has 3 aromatic heterocycles. The van der Waals surface area contributed by atoms with Gasteiger partial charge >= 0.3 is 6.03 Å². The predicted molar refractivity (Wildman–Crippen MR) is 105 cm³/mol. The minimum atomic E-state index is -0.635. The number of carbonyl (C=O) groups excluding carboxylic acids is 2. The Kier molecular flexibility index (Phi) is 4.39. The third-order valence-corrected chi connectivity index (χ3v) is 5.08. The van der Waals surface area contributed by atoms with E-state index in [9.17, 15) is 14.7 Å². The number of rotatable bonds is 3. The Labute approximate surface area is 162 Å². The van der Waals surface area contributed by atoms with Gasteiger partial charge in [0, 0.05) is 16.6 Å². The molecule has 0 aliphatic rings. The number of carbonyl (C=O) groups is 2. The number of thiophene rings is 1. The molecule has 0 saturated carbocycles. The number of aromatic hydroxyl groups is 1. The van der Waals surface area contributed by atoms with Crippen LogP contribution in [0.2, 0.25) is 5.02 Å². The fraction of sp³-hybridized carbons (Fsp3) is 0. The van der Waals surface area contributed by atoms with Gasteiger partial charge < -0.3 is 5.11 Å². The summed E-state index contributed by atoms with van der Waals surface area (Å²) in [6.45, 7) is 0. The second kappa shape index (κ2) is 6.86. The lowest BCUT2D eigenvalue weighted by Crippen LogP contribution is -2.19. The summed E-state index contributed by atoms with van der Waals surface area (Å²) >= 11 is 7.34. The van der Waals surface area contributed by atoms with Crippen molar-refractivity contribution in [3.63, 3.8) is 0 Å². The molecular formula is C19H12ClN3O3S. The Morgan fingerprint density at radius 3 is 2.70 bits per heavy atom. The fourth-order valence-electron chi connectivity index (χ4n) is 2.81. The number of halogens is 1. The van der Waals surface area contributed by atoms with Crippen molar-refractivity contribution in [1.29, 1.82) is 0 Å². The van der Waals surface area contributed by atoms with Gasteiger partial charge in [0.2, 0.25) is 11.7 Å². The third-order valence-electron chi connectivity index (χ3n) is 3.98. The summed E-state index contributed by atoms with van der Waals surface area (Å²) in [5.74, 6) is -0.498. The molecule has 8 heteroatoms. The zero-order chi connectivity index (χ0) is 19.0. The zero-order valence-corrected chi connectivity index (χ0v) is 15.3. The number of nitrogens with one attached hydrogen (secondary N) is 1. The van der Waals surface area contributed by atoms with Crippen LogP contribution in [0, 0.1) is 0 Å². The molecule has 0 bridgehead atoms. The summed E-state index contributed by atoms with van der Waals surface area (Å²) in [6, 6.07) is 12.6. The lowest BCUT2D eigenvalue weighted by molar-refractivity contribution is 0.104. The normalized spacial score (nSPS) is 10.9. The minimum Gasteiger partial charge on any atom is -0.494 e. The highest BCUT2D eigenvalue weighted by Crippen LogP contribution is 2.35. The molecule has 4 aromatic rings. The van der Waals surface area contributed by atoms with Crippen molar-refractivity contribution < 1.29 is 14.7 Å². The predicted octanol–water partition coefficient (Wildman–Crippen LogP) is 4.77. The molecule has 0 unspecified atom stereocenters. The van der Waals surface area contributed by atoms with E-state index in [0.717, 1.165) is 4.57 Å². The lowest BCUT2D eigenvalue weighted by Gasteiger charge is -2.07. The van der Waals surface area contributed by atoms with Crippen LogP contribution in [0.25, 0.3) is 10.9 Å². The standard InChI is InChI=1S/C19H12ClN3O3S/c20-11-6-7-13-12(10-11)16(17(24)14-4-3-9-27-14)18(25)23(13)19(26)22-15-5-1-2-8-21-15/h1-10,25H,(H,21,22,26). The summed E-state index contributed by atoms with van der Waals surface area (Å²) in [4.78, 5) is 30.2. The Morgan fingerprint density at radius 2 is 2.00 bits per heavy atom. The van der Waals surface area contributed by atoms with Gasteiger partial charge in [-0.1, -0.05) is 23.7 Å². The molecule has 134 valence electrons. The molecule has 0 fully saturated rings. The minimum absolute atomic E-state index is 0.0334. The fourth-order valence-corrected chi connectivity index (χ4v) is 3.65. The number of ketones is 1. The Hall–Kier alpha value is -3.16. The van der Waals surface area contributed by atoms with E-state index >= 15 is 0 Å². The van der Waals surface area contributed by atoms with E-state index in [1.54, 1.807) is 53.9 Å². The Balaban J connectivity index is 1.87. The van der Waals surface area contributed by atoms with E-state index < -0.39 is 11.9 Å². The van der Waals surface area contributed by atoms with Gasteiger partial charge in [0.25, 0.3) is 0 Å². The number of hydrogen-bond donors (Lipinski definition) is 2. The first kappa shape index (κ1) is 17.3. The number of amides is 1. The summed E-state index contributed by atoms with van der Waals surface area (Å²) in [7, 11) is 0. The van der Waals surface area contributed by atoms with Crippen LogP contribution in [0.4, 0.5) is 10.6 Å². The number of benzene rings is 1. The number of hydrogen-bond acceptors (Lipinski definition) is 5. The van der Waals surface area contributed by atoms with Crippen LogP contribution in [-0.4, -0.2) is 26.5 Å². The topological polar surface area (TPSA) is 84.2 Å². The van der Waals surface area contributed by atoms with Crippen molar-refractivity contribution >= 4 is 51.5 Å². The second-order valence-electron chi connectivity index (χ2n) is 5.65. The maximum absolute atomic E-state index is 12.9. The molecule has 0 aliphatic carbocycles. The summed E-state index contributed by atoms with van der Waals surface area (Å²) in [6.07, 6.45) is 1.54. The van der Waals surface area contributed by atoms with Crippen LogP contribution in [0.3, 0.4) is 0 Å². The maximum atomic E-state index is 12.9. The number of aromatic nitrogens is 2. The summed E-state index contributed by atoms with van der Waals surface area (Å²) in [5, 5.41) is 15.9. The second-order valence-corrected chi connectivity index (χ2v) is 7.03. The average molecular weight is 398 g/mol. The smallest absolute Gasteiger partial charge is 0.334 e. The monoisotopic (exact) mass is 397 g/mol. The van der Waals surface area contributed by atoms with Gasteiger partial charge in [-0.2, -0.15) is 0 Å². The first-order valence-electron chi connectivity index (χ1n) is 7.90. The van der Waals surface area contributed by atoms with Crippen LogP contribution in [0.5, 0.6) is 5.88 Å². The molecular weight excluding hydrogens is 386 g/mol. The molecule has 2 N–H and O–H groups in total. The SMILES string of the molecule is O=C(c1cccs1)c1c(O)n(C(=O)Nc2ccccn2)c2ccc(Cl)cc12. The van der Waals surface area contributed by atoms with E-state index in [-0.39, 0.29) is 11.3 Å². The van der Waals surface area contributed by atoms with Gasteiger partial charge in [-0.15, -0.1) is 11.3 Å². The molecule has 3 heterocycles. The molecule has 1 aromatic carbocycles. The molecule has 0 spiro atoms. The van der Waals surface area contributed by atoms with E-state index in [2.05, 4.69) is 10.3 Å². The van der Waals surface area contributed by atoms with Gasteiger partial charge in [-0.3, -0.25) is 10.1 Å². The Bertz CT molecular complexity index is 1150. The van der Waals surface area contributed by atoms with Crippen molar-refractivity contribution in [3.05, 3.63) is 75.6 Å². The first-order valence-corrected chi connectivity index (χ1v) is 9.15. The number of pyridine rings is 1. The van der Waals surface area contributed by atoms with Crippen LogP contribution in [-0.2, 0) is 0 Å². The maximum Gasteiger partial charge on any atom is 0.334 e. The van der Waals surface area contributed by atoms with Crippen molar-refractivity contribution in [2.75, 3.05) is 5.32 Å². The Morgan fingerprint density at radius 1 is 1.15 bits per heavy atom. The quantitative estimate of drug-likeness (QED) is 0.488. The van der Waals surface area contributed by atoms with Crippen molar-refractivity contribution in [2.45, 2.75) is 0 Å². The van der Waals surface area contributed by atoms with Crippen molar-refractivity contribution in [2.24, 2.45) is 0 Å². The number of nitrogens with zero attached hydrogens (tertiary/aromatic N) is 2. The summed E-state index contributed by atoms with van der Waals surface area (Å²) < 4.78 is 1.04. The number of fused-ring (bicyclic) bond motifs is 1. The van der Waals surface area contributed by atoms with Crippen LogP contribution in [0.1, 0.15) is 15.2 Å². The largest absolute Gasteiger partial charge is 0.494 e. The molecule has 27 heavy (non-hydrogen) atoms. The summed E-state index contributed by atoms with van der Waals surface area (Å²) in [5.41, 5.74) is 0.399. The molecule has 1 amide bonds. The van der Waals surface area contributed by atoms with Gasteiger partial charge in [-0.25, -0.2) is 14.3 Å². The molecule has 0 atom stereocenters. The van der Waals surface area contributed by atoms with E-state index in [1.807, 2.05) is 0 Å². The molecule has 6 nitrogen and oxygen atoms in total. The van der Waals surface area contributed by atoms with E-state index in [1.165, 1.54) is 17.5 Å². The third kappa shape index (κ3) is 3.07. The van der Waals surface area contributed by atoms with Crippen LogP contribution >= 0.6 is 22.9 Å². The zero-order valence-electron chi connectivity index (χ0n) is 13.7. The molecule has 0 radical (unpaired) electrons. The molecule has 0 saturated heterocycles. The first-order chi connectivity index (χ1) is 13.1. The average Bonchev–Trinajstić information content (AvgIpc) is 3.28.